The summed E-state index contributed by atoms with van der Waals surface area (Å²) in [6, 6.07) is 2.52. The number of anilines is 1. The molecule has 2 rings (SSSR count). The summed E-state index contributed by atoms with van der Waals surface area (Å²) in [6.07, 6.45) is -2.69. The average molecular weight is 492 g/mol. The van der Waals surface area contributed by atoms with E-state index in [0.29, 0.717) is 22.5 Å². The summed E-state index contributed by atoms with van der Waals surface area (Å²) in [4.78, 5) is 12.8. The number of aliphatic hydroxyl groups is 1. The first-order chi connectivity index (χ1) is 14.5. The van der Waals surface area contributed by atoms with Gasteiger partial charge in [-0.3, -0.25) is 0 Å². The molecule has 0 aliphatic carbocycles. The van der Waals surface area contributed by atoms with Crippen molar-refractivity contribution >= 4 is 33.0 Å². The molecule has 1 atom stereocenters. The Kier molecular flexibility index (Phi) is 7.81. The largest absolute Gasteiger partial charge is 0.385 e. The Labute approximate surface area is 190 Å². The fourth-order valence-corrected chi connectivity index (χ4v) is 5.38. The van der Waals surface area contributed by atoms with Gasteiger partial charge in [0.05, 0.1) is 5.60 Å². The minimum atomic E-state index is -3.96. The fraction of sp³-hybridized carbons (Fsp3) is 0.476. The predicted molar refractivity (Wildman–Crippen MR) is 121 cm³/mol. The molecule has 1 unspecified atom stereocenters. The van der Waals surface area contributed by atoms with E-state index >= 15 is 0 Å². The molecule has 0 spiro atoms. The van der Waals surface area contributed by atoms with Crippen molar-refractivity contribution < 1.29 is 27.3 Å². The van der Waals surface area contributed by atoms with E-state index in [1.165, 1.54) is 26.0 Å². The lowest BCUT2D eigenvalue weighted by atomic mass is 9.90. The predicted octanol–water partition coefficient (Wildman–Crippen LogP) is 6.23. The van der Waals surface area contributed by atoms with Gasteiger partial charge in [-0.2, -0.15) is 0 Å². The molecular formula is C21H28F3N3O3S2. The van der Waals surface area contributed by atoms with Gasteiger partial charge in [-0.15, -0.1) is 15.7 Å². The second-order valence-electron chi connectivity index (χ2n) is 8.58. The van der Waals surface area contributed by atoms with E-state index in [4.69, 9.17) is 5.14 Å². The molecule has 1 aromatic carbocycles. The lowest BCUT2D eigenvalue weighted by Gasteiger charge is -2.21. The van der Waals surface area contributed by atoms with E-state index < -0.39 is 38.0 Å². The number of alkyl halides is 2. The standard InChI is InChI=1S/C21H28F3N3O3S2/c1-10(2)13-7-12(18(23)24)8-14(11(3)4)17(13)26-20(28)27-32(25,30)19-15(22)9-16(31-19)21(5,6)29/h7-11,18,29H,1-6H3,(H3,25,26,27,28,30). The SMILES string of the molecule is CC(C)c1cc(C(F)F)cc(C(C)C)c1NC(=O)N=S(N)(=O)c1sc(C(C)(C)O)cc1F. The summed E-state index contributed by atoms with van der Waals surface area (Å²) in [7, 11) is -3.96. The third kappa shape index (κ3) is 5.89. The Bertz CT molecular complexity index is 1100. The number of hydrogen-bond acceptors (Lipinski definition) is 4. The number of rotatable bonds is 6. The van der Waals surface area contributed by atoms with Gasteiger partial charge in [-0.25, -0.2) is 27.3 Å². The number of carbonyl (C=O) groups is 1. The molecule has 0 saturated carbocycles. The third-order valence-electron chi connectivity index (χ3n) is 4.69. The normalized spacial score (nSPS) is 14.2. The number of nitrogens with one attached hydrogen (secondary N) is 1. The van der Waals surface area contributed by atoms with Crippen molar-refractivity contribution in [3.05, 3.63) is 45.6 Å². The van der Waals surface area contributed by atoms with Crippen molar-refractivity contribution in [3.8, 4) is 0 Å². The maximum absolute atomic E-state index is 14.4. The van der Waals surface area contributed by atoms with Crippen molar-refractivity contribution in [2.45, 2.75) is 69.6 Å². The minimum Gasteiger partial charge on any atom is -0.385 e. The fourth-order valence-electron chi connectivity index (χ4n) is 3.04. The van der Waals surface area contributed by atoms with E-state index in [1.807, 2.05) is 0 Å². The van der Waals surface area contributed by atoms with Crippen LogP contribution in [-0.2, 0) is 15.5 Å². The molecule has 0 radical (unpaired) electrons. The average Bonchev–Trinajstić information content (AvgIpc) is 3.03. The van der Waals surface area contributed by atoms with Gasteiger partial charge in [0.2, 0.25) is 0 Å². The second kappa shape index (κ2) is 9.50. The smallest absolute Gasteiger partial charge is 0.354 e. The van der Waals surface area contributed by atoms with E-state index in [9.17, 15) is 27.3 Å². The zero-order chi connectivity index (χ0) is 24.6. The molecule has 2 amide bonds. The number of hydrogen-bond donors (Lipinski definition) is 3. The number of nitrogens with zero attached hydrogens (tertiary/aromatic N) is 1. The van der Waals surface area contributed by atoms with Gasteiger partial charge in [0.1, 0.15) is 0 Å². The lowest BCUT2D eigenvalue weighted by Crippen LogP contribution is -2.19. The Morgan fingerprint density at radius 1 is 1.16 bits per heavy atom. The monoisotopic (exact) mass is 491 g/mol. The van der Waals surface area contributed by atoms with Gasteiger partial charge in [0.15, 0.2) is 19.9 Å². The van der Waals surface area contributed by atoms with Gasteiger partial charge < -0.3 is 10.4 Å². The van der Waals surface area contributed by atoms with Gasteiger partial charge in [0.25, 0.3) is 6.43 Å². The molecule has 178 valence electrons. The topological polar surface area (TPSA) is 105 Å². The Morgan fingerprint density at radius 3 is 2.03 bits per heavy atom. The molecule has 0 aliphatic rings. The maximum Gasteiger partial charge on any atom is 0.354 e. The number of benzene rings is 1. The van der Waals surface area contributed by atoms with Crippen LogP contribution in [0, 0.1) is 5.82 Å². The molecule has 4 N–H and O–H groups in total. The van der Waals surface area contributed by atoms with Crippen LogP contribution in [0.1, 0.15) is 81.4 Å². The van der Waals surface area contributed by atoms with Crippen LogP contribution in [0.15, 0.2) is 26.8 Å². The van der Waals surface area contributed by atoms with Gasteiger partial charge in [-0.05, 0) is 55.0 Å². The molecule has 6 nitrogen and oxygen atoms in total. The number of amides is 2. The summed E-state index contributed by atoms with van der Waals surface area (Å²) in [5.74, 6) is -1.37. The van der Waals surface area contributed by atoms with Crippen molar-refractivity contribution in [1.29, 1.82) is 0 Å². The number of halogens is 3. The van der Waals surface area contributed by atoms with Crippen LogP contribution >= 0.6 is 11.3 Å². The van der Waals surface area contributed by atoms with Gasteiger partial charge in [0, 0.05) is 16.1 Å². The van der Waals surface area contributed by atoms with Gasteiger partial charge in [-0.1, -0.05) is 27.7 Å². The van der Waals surface area contributed by atoms with Crippen molar-refractivity contribution in [3.63, 3.8) is 0 Å². The first-order valence-electron chi connectivity index (χ1n) is 9.88. The summed E-state index contributed by atoms with van der Waals surface area (Å²) in [6.45, 7) is 9.99. The molecule has 32 heavy (non-hydrogen) atoms. The van der Waals surface area contributed by atoms with Crippen molar-refractivity contribution in [2.24, 2.45) is 9.50 Å². The Hall–Kier alpha value is -1.95. The van der Waals surface area contributed by atoms with Crippen molar-refractivity contribution in [1.82, 2.24) is 0 Å². The Morgan fingerprint density at radius 2 is 1.66 bits per heavy atom. The van der Waals surface area contributed by atoms with Crippen LogP contribution in [0.4, 0.5) is 23.7 Å². The molecule has 0 saturated heterocycles. The van der Waals surface area contributed by atoms with Crippen LogP contribution in [0.5, 0.6) is 0 Å². The van der Waals surface area contributed by atoms with E-state index in [2.05, 4.69) is 9.68 Å². The molecule has 1 aromatic heterocycles. The van der Waals surface area contributed by atoms with Crippen molar-refractivity contribution in [2.75, 3.05) is 5.32 Å². The van der Waals surface area contributed by atoms with E-state index in [0.717, 1.165) is 6.07 Å². The highest BCUT2D eigenvalue weighted by Gasteiger charge is 2.27. The number of thiophene rings is 1. The lowest BCUT2D eigenvalue weighted by molar-refractivity contribution is 0.0823. The minimum absolute atomic E-state index is 0.172. The van der Waals surface area contributed by atoms with Crippen LogP contribution in [0.2, 0.25) is 0 Å². The van der Waals surface area contributed by atoms with E-state index in [-0.39, 0.29) is 28.0 Å². The molecule has 11 heteroatoms. The molecule has 1 heterocycles. The van der Waals surface area contributed by atoms with Crippen LogP contribution < -0.4 is 10.5 Å². The van der Waals surface area contributed by atoms with Crippen LogP contribution in [0.3, 0.4) is 0 Å². The zero-order valence-electron chi connectivity index (χ0n) is 18.7. The van der Waals surface area contributed by atoms with Crippen LogP contribution in [-0.4, -0.2) is 15.3 Å². The van der Waals surface area contributed by atoms with Gasteiger partial charge >= 0.3 is 6.03 Å². The first-order valence-corrected chi connectivity index (χ1v) is 12.3. The quantitative estimate of drug-likeness (QED) is 0.446. The third-order valence-corrected chi connectivity index (χ3v) is 8.04. The number of nitrogens with two attached hydrogens (primary N) is 1. The molecule has 0 fully saturated rings. The first kappa shape index (κ1) is 26.3. The maximum atomic E-state index is 14.4. The molecular weight excluding hydrogens is 463 g/mol. The molecule has 2 aromatic rings. The summed E-state index contributed by atoms with van der Waals surface area (Å²) < 4.78 is 57.0. The summed E-state index contributed by atoms with van der Waals surface area (Å²) >= 11 is 0.660. The summed E-state index contributed by atoms with van der Waals surface area (Å²) in [5, 5.41) is 18.3. The Balaban J connectivity index is 2.54. The second-order valence-corrected chi connectivity index (χ2v) is 11.6. The molecule has 0 aliphatic heterocycles. The zero-order valence-corrected chi connectivity index (χ0v) is 20.3. The highest BCUT2D eigenvalue weighted by atomic mass is 32.2. The number of carbonyl (C=O) groups excluding carboxylic acids is 1. The highest BCUT2D eigenvalue weighted by Crippen LogP contribution is 2.37. The highest BCUT2D eigenvalue weighted by molar-refractivity contribution is 7.93. The number of urea groups is 1. The van der Waals surface area contributed by atoms with Crippen LogP contribution in [0.25, 0.3) is 0 Å². The van der Waals surface area contributed by atoms with E-state index in [1.54, 1.807) is 27.7 Å². The molecule has 0 bridgehead atoms. The summed E-state index contributed by atoms with van der Waals surface area (Å²) in [5.41, 5.74) is -0.357.